The van der Waals surface area contributed by atoms with Gasteiger partial charge in [-0.15, -0.1) is 11.8 Å². The van der Waals surface area contributed by atoms with Gasteiger partial charge in [-0.1, -0.05) is 20.3 Å². The molecule has 0 amide bonds. The summed E-state index contributed by atoms with van der Waals surface area (Å²) in [5.74, 6) is 1.64. The Morgan fingerprint density at radius 2 is 2.43 bits per heavy atom. The van der Waals surface area contributed by atoms with Crippen LogP contribution in [0.3, 0.4) is 0 Å². The fourth-order valence-corrected chi connectivity index (χ4v) is 2.39. The molecule has 1 atom stereocenters. The first-order chi connectivity index (χ1) is 6.65. The second kappa shape index (κ2) is 5.56. The first kappa shape index (κ1) is 11.8. The zero-order chi connectivity index (χ0) is 10.6. The third kappa shape index (κ3) is 3.13. The summed E-state index contributed by atoms with van der Waals surface area (Å²) in [6, 6.07) is 0. The maximum absolute atomic E-state index is 11.2. The molecule has 1 aromatic rings. The van der Waals surface area contributed by atoms with E-state index in [9.17, 15) is 4.79 Å². The highest BCUT2D eigenvalue weighted by atomic mass is 79.9. The van der Waals surface area contributed by atoms with Crippen LogP contribution in [0.4, 0.5) is 0 Å². The minimum absolute atomic E-state index is 0.119. The van der Waals surface area contributed by atoms with E-state index in [0.717, 1.165) is 17.2 Å². The lowest BCUT2D eigenvalue weighted by molar-refractivity contribution is 0.636. The maximum atomic E-state index is 11.2. The van der Waals surface area contributed by atoms with Gasteiger partial charge in [0.2, 0.25) is 0 Å². The number of H-pyrrole nitrogens is 1. The smallest absolute Gasteiger partial charge is 0.266 e. The molecule has 14 heavy (non-hydrogen) atoms. The first-order valence-corrected chi connectivity index (χ1v) is 6.29. The van der Waals surface area contributed by atoms with Crippen LogP contribution in [-0.4, -0.2) is 15.7 Å². The fourth-order valence-electron chi connectivity index (χ4n) is 0.806. The Bertz CT molecular complexity index is 353. The molecule has 78 valence electrons. The van der Waals surface area contributed by atoms with E-state index >= 15 is 0 Å². The van der Waals surface area contributed by atoms with Gasteiger partial charge in [-0.3, -0.25) is 4.79 Å². The number of halogens is 1. The van der Waals surface area contributed by atoms with Crippen LogP contribution in [0.25, 0.3) is 0 Å². The quantitative estimate of drug-likeness (QED) is 0.680. The second-order valence-corrected chi connectivity index (χ2v) is 4.98. The molecule has 0 bridgehead atoms. The molecule has 1 rings (SSSR count). The summed E-state index contributed by atoms with van der Waals surface area (Å²) in [7, 11) is 0. The molecule has 1 unspecified atom stereocenters. The van der Waals surface area contributed by atoms with Crippen LogP contribution in [0.1, 0.15) is 20.3 Å². The molecule has 0 aliphatic rings. The van der Waals surface area contributed by atoms with E-state index in [1.807, 2.05) is 0 Å². The number of hydrogen-bond acceptors (Lipinski definition) is 3. The van der Waals surface area contributed by atoms with E-state index in [-0.39, 0.29) is 5.56 Å². The minimum atomic E-state index is -0.119. The Kier molecular flexibility index (Phi) is 4.68. The summed E-state index contributed by atoms with van der Waals surface area (Å²) < 4.78 is 0.535. The summed E-state index contributed by atoms with van der Waals surface area (Å²) in [5.41, 5.74) is -0.119. The van der Waals surface area contributed by atoms with Crippen molar-refractivity contribution in [3.8, 4) is 0 Å². The Labute approximate surface area is 95.8 Å². The van der Waals surface area contributed by atoms with Crippen molar-refractivity contribution in [2.24, 2.45) is 5.92 Å². The van der Waals surface area contributed by atoms with Crippen LogP contribution < -0.4 is 5.56 Å². The molecular formula is C9H13BrN2OS. The number of aromatic amines is 1. The zero-order valence-electron chi connectivity index (χ0n) is 8.21. The lowest BCUT2D eigenvalue weighted by Gasteiger charge is -2.07. The van der Waals surface area contributed by atoms with Crippen molar-refractivity contribution >= 4 is 27.7 Å². The highest BCUT2D eigenvalue weighted by molar-refractivity contribution is 9.10. The average molecular weight is 277 g/mol. The molecule has 0 saturated carbocycles. The Balaban J connectivity index is 2.68. The van der Waals surface area contributed by atoms with Crippen LogP contribution >= 0.6 is 27.7 Å². The Morgan fingerprint density at radius 1 is 1.71 bits per heavy atom. The lowest BCUT2D eigenvalue weighted by Crippen LogP contribution is -2.08. The Hall–Kier alpha value is -0.290. The normalized spacial score (nSPS) is 12.8. The van der Waals surface area contributed by atoms with E-state index in [2.05, 4.69) is 39.7 Å². The van der Waals surface area contributed by atoms with Crippen molar-refractivity contribution in [1.82, 2.24) is 9.97 Å². The third-order valence-corrected chi connectivity index (χ3v) is 4.28. The maximum Gasteiger partial charge on any atom is 0.266 e. The van der Waals surface area contributed by atoms with Gasteiger partial charge < -0.3 is 4.98 Å². The molecule has 0 aromatic carbocycles. The minimum Gasteiger partial charge on any atom is -0.312 e. The molecule has 5 heteroatoms. The van der Waals surface area contributed by atoms with E-state index in [0.29, 0.717) is 10.4 Å². The average Bonchev–Trinajstić information content (AvgIpc) is 2.20. The first-order valence-electron chi connectivity index (χ1n) is 4.51. The molecule has 0 spiro atoms. The summed E-state index contributed by atoms with van der Waals surface area (Å²) in [6.45, 7) is 4.35. The highest BCUT2D eigenvalue weighted by Gasteiger charge is 2.07. The molecule has 1 aromatic heterocycles. The molecule has 0 radical (unpaired) electrons. The largest absolute Gasteiger partial charge is 0.312 e. The summed E-state index contributed by atoms with van der Waals surface area (Å²) >= 11 is 4.84. The monoisotopic (exact) mass is 276 g/mol. The third-order valence-electron chi connectivity index (χ3n) is 1.97. The summed E-state index contributed by atoms with van der Waals surface area (Å²) in [5, 5.41) is 0.772. The van der Waals surface area contributed by atoms with Crippen molar-refractivity contribution in [3.05, 3.63) is 21.2 Å². The molecule has 0 aliphatic carbocycles. The number of hydrogen-bond donors (Lipinski definition) is 1. The van der Waals surface area contributed by atoms with Gasteiger partial charge in [-0.25, -0.2) is 4.98 Å². The van der Waals surface area contributed by atoms with Gasteiger partial charge in [0, 0.05) is 5.75 Å². The number of nitrogens with one attached hydrogen (secondary N) is 1. The van der Waals surface area contributed by atoms with Gasteiger partial charge in [-0.05, 0) is 21.8 Å². The molecule has 3 nitrogen and oxygen atoms in total. The van der Waals surface area contributed by atoms with Crippen molar-refractivity contribution in [2.75, 3.05) is 5.75 Å². The van der Waals surface area contributed by atoms with Crippen molar-refractivity contribution < 1.29 is 0 Å². The van der Waals surface area contributed by atoms with Gasteiger partial charge in [0.05, 0.1) is 6.33 Å². The van der Waals surface area contributed by atoms with Gasteiger partial charge >= 0.3 is 0 Å². The second-order valence-electron chi connectivity index (χ2n) is 3.18. The van der Waals surface area contributed by atoms with Crippen molar-refractivity contribution in [3.63, 3.8) is 0 Å². The molecular weight excluding hydrogens is 264 g/mol. The van der Waals surface area contributed by atoms with Crippen molar-refractivity contribution in [2.45, 2.75) is 25.3 Å². The molecule has 1 N–H and O–H groups in total. The van der Waals surface area contributed by atoms with Crippen LogP contribution in [0, 0.1) is 5.92 Å². The summed E-state index contributed by atoms with van der Waals surface area (Å²) in [4.78, 5) is 17.8. The predicted molar refractivity (Wildman–Crippen MR) is 62.7 cm³/mol. The molecule has 0 fully saturated rings. The fraction of sp³-hybridized carbons (Fsp3) is 0.556. The van der Waals surface area contributed by atoms with Crippen LogP contribution in [-0.2, 0) is 0 Å². The predicted octanol–water partition coefficient (Wildman–Crippen LogP) is 2.67. The van der Waals surface area contributed by atoms with Gasteiger partial charge in [0.1, 0.15) is 9.50 Å². The van der Waals surface area contributed by atoms with Crippen molar-refractivity contribution in [1.29, 1.82) is 0 Å². The van der Waals surface area contributed by atoms with Crippen LogP contribution in [0.15, 0.2) is 20.6 Å². The van der Waals surface area contributed by atoms with Crippen LogP contribution in [0.5, 0.6) is 0 Å². The number of rotatable bonds is 4. The number of aromatic nitrogens is 2. The van der Waals surface area contributed by atoms with Gasteiger partial charge in [0.15, 0.2) is 0 Å². The standard InChI is InChI=1S/C9H13BrN2OS/c1-3-6(2)4-14-9-7(10)8(13)11-5-12-9/h5-6H,3-4H2,1-2H3,(H,11,12,13). The number of nitrogens with zero attached hydrogens (tertiary/aromatic N) is 1. The van der Waals surface area contributed by atoms with Gasteiger partial charge in [0.25, 0.3) is 5.56 Å². The van der Waals surface area contributed by atoms with E-state index in [1.165, 1.54) is 6.33 Å². The SMILES string of the molecule is CCC(C)CSc1nc[nH]c(=O)c1Br. The topological polar surface area (TPSA) is 45.8 Å². The molecule has 1 heterocycles. The molecule has 0 saturated heterocycles. The zero-order valence-corrected chi connectivity index (χ0v) is 10.6. The number of thioether (sulfide) groups is 1. The Morgan fingerprint density at radius 3 is 3.07 bits per heavy atom. The molecule has 0 aliphatic heterocycles. The van der Waals surface area contributed by atoms with Crippen LogP contribution in [0.2, 0.25) is 0 Å². The van der Waals surface area contributed by atoms with Gasteiger partial charge in [-0.2, -0.15) is 0 Å². The van der Waals surface area contributed by atoms with E-state index < -0.39 is 0 Å². The summed E-state index contributed by atoms with van der Waals surface area (Å²) in [6.07, 6.45) is 2.58. The lowest BCUT2D eigenvalue weighted by atomic mass is 10.2. The van der Waals surface area contributed by atoms with E-state index in [1.54, 1.807) is 11.8 Å². The van der Waals surface area contributed by atoms with E-state index in [4.69, 9.17) is 0 Å². The highest BCUT2D eigenvalue weighted by Crippen LogP contribution is 2.24.